The number of urea groups is 1. The van der Waals surface area contributed by atoms with Crippen molar-refractivity contribution in [3.05, 3.63) is 12.2 Å². The van der Waals surface area contributed by atoms with Gasteiger partial charge in [-0.15, -0.1) is 0 Å². The largest absolute Gasteiger partial charge is 0.480 e. The van der Waals surface area contributed by atoms with Crippen LogP contribution in [0.25, 0.3) is 0 Å². The Morgan fingerprint density at radius 2 is 2.15 bits per heavy atom. The molecule has 0 fully saturated rings. The van der Waals surface area contributed by atoms with Gasteiger partial charge in [0.2, 0.25) is 5.91 Å². The van der Waals surface area contributed by atoms with E-state index in [0.717, 1.165) is 0 Å². The maximum atomic E-state index is 11.6. The van der Waals surface area contributed by atoms with E-state index in [9.17, 15) is 14.4 Å². The maximum Gasteiger partial charge on any atom is 0.326 e. The Balaban J connectivity index is 2.49. The van der Waals surface area contributed by atoms with E-state index >= 15 is 0 Å². The number of hydrogen-bond acceptors (Lipinski definition) is 5. The van der Waals surface area contributed by atoms with Gasteiger partial charge in [-0.25, -0.2) is 14.6 Å². The summed E-state index contributed by atoms with van der Waals surface area (Å²) in [5, 5.41) is 19.9. The monoisotopic (exact) mass is 284 g/mol. The fraction of sp³-hybridized carbons (Fsp3) is 0.500. The maximum absolute atomic E-state index is 11.6. The van der Waals surface area contributed by atoms with Crippen molar-refractivity contribution in [1.82, 2.24) is 25.8 Å². The summed E-state index contributed by atoms with van der Waals surface area (Å²) in [7, 11) is 0. The fourth-order valence-electron chi connectivity index (χ4n) is 1.43. The summed E-state index contributed by atoms with van der Waals surface area (Å²) < 4.78 is 0. The Hall–Kier alpha value is -2.65. The molecule has 20 heavy (non-hydrogen) atoms. The standard InChI is InChI=1S/C10H16N6O4/c1-5(8-12-4-13-16-8)14-10(20)15-6(9(18)19)2-3-7(11)17/h4-6H,2-3H2,1H3,(H2,11,17)(H,18,19)(H,12,13,16)(H2,14,15,20). The molecule has 0 bridgehead atoms. The van der Waals surface area contributed by atoms with E-state index in [-0.39, 0.29) is 12.8 Å². The summed E-state index contributed by atoms with van der Waals surface area (Å²) in [5.41, 5.74) is 4.94. The van der Waals surface area contributed by atoms with Crippen molar-refractivity contribution in [1.29, 1.82) is 0 Å². The van der Waals surface area contributed by atoms with Gasteiger partial charge in [0.15, 0.2) is 0 Å². The molecule has 1 rings (SSSR count). The summed E-state index contributed by atoms with van der Waals surface area (Å²) in [5.74, 6) is -1.44. The minimum absolute atomic E-state index is 0.0746. The zero-order valence-electron chi connectivity index (χ0n) is 10.8. The molecule has 1 aromatic rings. The van der Waals surface area contributed by atoms with Crippen LogP contribution >= 0.6 is 0 Å². The molecule has 0 aromatic carbocycles. The van der Waals surface area contributed by atoms with Crippen LogP contribution in [0.1, 0.15) is 31.6 Å². The van der Waals surface area contributed by atoms with Gasteiger partial charge in [-0.05, 0) is 13.3 Å². The van der Waals surface area contributed by atoms with Gasteiger partial charge in [0, 0.05) is 6.42 Å². The van der Waals surface area contributed by atoms with Crippen LogP contribution in [0.4, 0.5) is 4.79 Å². The smallest absolute Gasteiger partial charge is 0.326 e. The van der Waals surface area contributed by atoms with Gasteiger partial charge in [0.25, 0.3) is 0 Å². The van der Waals surface area contributed by atoms with E-state index in [4.69, 9.17) is 10.8 Å². The number of nitrogens with zero attached hydrogens (tertiary/aromatic N) is 2. The van der Waals surface area contributed by atoms with Gasteiger partial charge < -0.3 is 21.5 Å². The van der Waals surface area contributed by atoms with E-state index < -0.39 is 30.0 Å². The second-order valence-corrected chi connectivity index (χ2v) is 4.11. The zero-order valence-corrected chi connectivity index (χ0v) is 10.8. The molecule has 2 unspecified atom stereocenters. The van der Waals surface area contributed by atoms with Crippen LogP contribution in [0.5, 0.6) is 0 Å². The number of H-pyrrole nitrogens is 1. The van der Waals surface area contributed by atoms with Gasteiger partial charge in [-0.1, -0.05) is 0 Å². The number of carbonyl (C=O) groups is 3. The lowest BCUT2D eigenvalue weighted by Crippen LogP contribution is -2.47. The molecule has 10 nitrogen and oxygen atoms in total. The van der Waals surface area contributed by atoms with Crippen LogP contribution in [0.15, 0.2) is 6.33 Å². The molecular weight excluding hydrogens is 268 g/mol. The number of nitrogens with one attached hydrogen (secondary N) is 3. The first-order chi connectivity index (χ1) is 9.40. The van der Waals surface area contributed by atoms with Crippen molar-refractivity contribution in [2.24, 2.45) is 5.73 Å². The van der Waals surface area contributed by atoms with Crippen LogP contribution < -0.4 is 16.4 Å². The second kappa shape index (κ2) is 7.07. The lowest BCUT2D eigenvalue weighted by molar-refractivity contribution is -0.139. The molecule has 0 aliphatic carbocycles. The van der Waals surface area contributed by atoms with E-state index in [1.165, 1.54) is 6.33 Å². The Morgan fingerprint density at radius 1 is 1.45 bits per heavy atom. The molecule has 110 valence electrons. The average molecular weight is 284 g/mol. The van der Waals surface area contributed by atoms with Crippen LogP contribution in [-0.4, -0.2) is 44.2 Å². The number of primary amides is 1. The van der Waals surface area contributed by atoms with Crippen molar-refractivity contribution in [3.8, 4) is 0 Å². The normalized spacial score (nSPS) is 13.2. The number of carboxylic acids is 1. The number of carbonyl (C=O) groups excluding carboxylic acids is 2. The van der Waals surface area contributed by atoms with Crippen molar-refractivity contribution in [3.63, 3.8) is 0 Å². The number of hydrogen-bond donors (Lipinski definition) is 5. The number of aromatic amines is 1. The highest BCUT2D eigenvalue weighted by Gasteiger charge is 2.21. The van der Waals surface area contributed by atoms with E-state index in [0.29, 0.717) is 5.82 Å². The van der Waals surface area contributed by atoms with Gasteiger partial charge in [-0.3, -0.25) is 9.89 Å². The third kappa shape index (κ3) is 4.92. The Kier molecular flexibility index (Phi) is 5.44. The molecule has 6 N–H and O–H groups in total. The molecule has 3 amide bonds. The molecule has 0 aliphatic rings. The first-order valence-electron chi connectivity index (χ1n) is 5.83. The predicted octanol–water partition coefficient (Wildman–Crippen LogP) is -1.12. The van der Waals surface area contributed by atoms with Crippen LogP contribution in [0.2, 0.25) is 0 Å². The zero-order chi connectivity index (χ0) is 15.1. The lowest BCUT2D eigenvalue weighted by Gasteiger charge is -2.16. The van der Waals surface area contributed by atoms with Gasteiger partial charge in [0.05, 0.1) is 6.04 Å². The van der Waals surface area contributed by atoms with Crippen molar-refractivity contribution in [2.45, 2.75) is 31.8 Å². The Labute approximate surface area is 114 Å². The minimum Gasteiger partial charge on any atom is -0.480 e. The van der Waals surface area contributed by atoms with Gasteiger partial charge in [-0.2, -0.15) is 5.10 Å². The molecule has 0 radical (unpaired) electrons. The number of aliphatic carboxylic acids is 1. The highest BCUT2D eigenvalue weighted by atomic mass is 16.4. The van der Waals surface area contributed by atoms with Crippen molar-refractivity contribution in [2.75, 3.05) is 0 Å². The topological polar surface area (TPSA) is 163 Å². The van der Waals surface area contributed by atoms with E-state index in [2.05, 4.69) is 25.8 Å². The first-order valence-corrected chi connectivity index (χ1v) is 5.83. The second-order valence-electron chi connectivity index (χ2n) is 4.11. The summed E-state index contributed by atoms with van der Waals surface area (Å²) >= 11 is 0. The SMILES string of the molecule is CC(NC(=O)NC(CCC(N)=O)C(=O)O)c1ncn[nH]1. The Morgan fingerprint density at radius 3 is 2.65 bits per heavy atom. The summed E-state index contributed by atoms with van der Waals surface area (Å²) in [4.78, 5) is 37.1. The molecule has 2 atom stereocenters. The third-order valence-electron chi connectivity index (χ3n) is 2.47. The highest BCUT2D eigenvalue weighted by Crippen LogP contribution is 2.04. The van der Waals surface area contributed by atoms with E-state index in [1.807, 2.05) is 0 Å². The number of amides is 3. The first kappa shape index (κ1) is 15.4. The average Bonchev–Trinajstić information content (AvgIpc) is 2.87. The number of rotatable bonds is 7. The van der Waals surface area contributed by atoms with Crippen LogP contribution in [0.3, 0.4) is 0 Å². The number of carboxylic acid groups (broad SMARTS) is 1. The summed E-state index contributed by atoms with van der Waals surface area (Å²) in [6.45, 7) is 1.65. The predicted molar refractivity (Wildman–Crippen MR) is 66.3 cm³/mol. The molecule has 1 aromatic heterocycles. The summed E-state index contributed by atoms with van der Waals surface area (Å²) in [6.07, 6.45) is 1.09. The van der Waals surface area contributed by atoms with Crippen LogP contribution in [-0.2, 0) is 9.59 Å². The molecular formula is C10H16N6O4. The molecule has 1 heterocycles. The lowest BCUT2D eigenvalue weighted by atomic mass is 10.1. The quantitative estimate of drug-likeness (QED) is 0.426. The minimum atomic E-state index is -1.24. The van der Waals surface area contributed by atoms with E-state index in [1.54, 1.807) is 6.92 Å². The Bertz CT molecular complexity index is 474. The molecule has 0 aliphatic heterocycles. The highest BCUT2D eigenvalue weighted by molar-refractivity contribution is 5.83. The van der Waals surface area contributed by atoms with Crippen molar-refractivity contribution < 1.29 is 19.5 Å². The third-order valence-corrected chi connectivity index (χ3v) is 2.47. The van der Waals surface area contributed by atoms with Gasteiger partial charge >= 0.3 is 12.0 Å². The number of aromatic nitrogens is 3. The molecule has 0 spiro atoms. The summed E-state index contributed by atoms with van der Waals surface area (Å²) in [6, 6.07) is -2.35. The fourth-order valence-corrected chi connectivity index (χ4v) is 1.43. The number of nitrogens with two attached hydrogens (primary N) is 1. The van der Waals surface area contributed by atoms with Crippen LogP contribution in [0, 0.1) is 0 Å². The van der Waals surface area contributed by atoms with Crippen molar-refractivity contribution >= 4 is 17.9 Å². The molecule has 0 saturated carbocycles. The van der Waals surface area contributed by atoms with Gasteiger partial charge in [0.1, 0.15) is 18.2 Å². The molecule has 0 saturated heterocycles. The molecule has 10 heteroatoms.